The van der Waals surface area contributed by atoms with Gasteiger partial charge in [0, 0.05) is 0 Å². The SMILES string of the molecule is CCc1ccc(OC(C)OC2CC3CC2C2C4CC(C5CCCC54)C32)cc1. The highest BCUT2D eigenvalue weighted by atomic mass is 16.7. The van der Waals surface area contributed by atoms with E-state index >= 15 is 0 Å². The Balaban J connectivity index is 1.12. The van der Waals surface area contributed by atoms with E-state index in [0.29, 0.717) is 6.10 Å². The molecule has 10 atom stereocenters. The number of hydrogen-bond acceptors (Lipinski definition) is 2. The van der Waals surface area contributed by atoms with Gasteiger partial charge < -0.3 is 9.47 Å². The van der Waals surface area contributed by atoms with Crippen LogP contribution in [-0.4, -0.2) is 12.4 Å². The number of benzene rings is 1. The van der Waals surface area contributed by atoms with Crippen molar-refractivity contribution in [2.75, 3.05) is 0 Å². The molecule has 5 fully saturated rings. The van der Waals surface area contributed by atoms with Gasteiger partial charge in [0.15, 0.2) is 6.29 Å². The molecule has 0 N–H and O–H groups in total. The van der Waals surface area contributed by atoms with Crippen molar-refractivity contribution in [2.45, 2.75) is 71.2 Å². The molecule has 2 heteroatoms. The largest absolute Gasteiger partial charge is 0.465 e. The molecule has 5 aliphatic carbocycles. The molecule has 5 saturated carbocycles. The number of ether oxygens (including phenoxy) is 2. The molecular formula is C25H34O2. The maximum Gasteiger partial charge on any atom is 0.197 e. The van der Waals surface area contributed by atoms with Crippen LogP contribution < -0.4 is 4.74 Å². The standard InChI is InChI=1S/C25H34O2/c1-3-15-7-9-17(10-8-15)26-14(2)27-23-12-16-11-22(23)25-21-13-20(24(16)25)18-5-4-6-19(18)21/h7-10,14,16,18-25H,3-6,11-13H2,1-2H3. The maximum atomic E-state index is 6.51. The van der Waals surface area contributed by atoms with Gasteiger partial charge in [-0.1, -0.05) is 25.5 Å². The predicted octanol–water partition coefficient (Wildman–Crippen LogP) is 5.70. The number of rotatable bonds is 5. The third-order valence-corrected chi connectivity index (χ3v) is 9.33. The van der Waals surface area contributed by atoms with Crippen LogP contribution in [0.15, 0.2) is 24.3 Å². The second kappa shape index (κ2) is 6.24. The average molecular weight is 367 g/mol. The van der Waals surface area contributed by atoms with Crippen LogP contribution in [0.25, 0.3) is 0 Å². The fourth-order valence-electron chi connectivity index (χ4n) is 8.68. The number of aryl methyl sites for hydroxylation is 1. The van der Waals surface area contributed by atoms with Crippen molar-refractivity contribution in [1.29, 1.82) is 0 Å². The lowest BCUT2D eigenvalue weighted by atomic mass is 9.64. The summed E-state index contributed by atoms with van der Waals surface area (Å²) in [5, 5.41) is 0. The van der Waals surface area contributed by atoms with E-state index in [1.54, 1.807) is 12.8 Å². The van der Waals surface area contributed by atoms with E-state index in [1.807, 2.05) is 0 Å². The van der Waals surface area contributed by atoms with Gasteiger partial charge in [0.05, 0.1) is 6.10 Å². The zero-order chi connectivity index (χ0) is 18.1. The molecule has 1 aromatic rings. The minimum Gasteiger partial charge on any atom is -0.465 e. The molecule has 10 unspecified atom stereocenters. The van der Waals surface area contributed by atoms with Gasteiger partial charge in [-0.25, -0.2) is 0 Å². The minimum atomic E-state index is -0.141. The first-order valence-corrected chi connectivity index (χ1v) is 11.6. The summed E-state index contributed by atoms with van der Waals surface area (Å²) >= 11 is 0. The summed E-state index contributed by atoms with van der Waals surface area (Å²) in [5.41, 5.74) is 1.36. The molecule has 4 bridgehead atoms. The van der Waals surface area contributed by atoms with Gasteiger partial charge in [-0.05, 0) is 110 Å². The van der Waals surface area contributed by atoms with Crippen LogP contribution in [0.2, 0.25) is 0 Å². The normalized spacial score (nSPS) is 47.3. The van der Waals surface area contributed by atoms with Crippen LogP contribution >= 0.6 is 0 Å². The molecule has 1 aromatic carbocycles. The molecule has 0 aliphatic heterocycles. The van der Waals surface area contributed by atoms with Crippen LogP contribution in [0, 0.1) is 47.3 Å². The molecule has 6 rings (SSSR count). The third-order valence-electron chi connectivity index (χ3n) is 9.33. The van der Waals surface area contributed by atoms with Gasteiger partial charge in [0.25, 0.3) is 0 Å². The van der Waals surface area contributed by atoms with Crippen LogP contribution in [0.3, 0.4) is 0 Å². The van der Waals surface area contributed by atoms with E-state index < -0.39 is 0 Å². The molecule has 5 aliphatic rings. The van der Waals surface area contributed by atoms with Gasteiger partial charge in [-0.2, -0.15) is 0 Å². The Kier molecular flexibility index (Phi) is 3.90. The topological polar surface area (TPSA) is 18.5 Å². The van der Waals surface area contributed by atoms with Crippen LogP contribution in [0.4, 0.5) is 0 Å². The van der Waals surface area contributed by atoms with Gasteiger partial charge >= 0.3 is 0 Å². The van der Waals surface area contributed by atoms with E-state index in [4.69, 9.17) is 9.47 Å². The Morgan fingerprint density at radius 1 is 0.889 bits per heavy atom. The minimum absolute atomic E-state index is 0.141. The second-order valence-electron chi connectivity index (χ2n) is 10.2. The van der Waals surface area contributed by atoms with E-state index in [0.717, 1.165) is 59.5 Å². The lowest BCUT2D eigenvalue weighted by molar-refractivity contribution is -0.140. The molecule has 0 spiro atoms. The summed E-state index contributed by atoms with van der Waals surface area (Å²) in [4.78, 5) is 0. The van der Waals surface area contributed by atoms with Crippen molar-refractivity contribution >= 4 is 0 Å². The molecular weight excluding hydrogens is 332 g/mol. The third kappa shape index (κ3) is 2.48. The van der Waals surface area contributed by atoms with Crippen molar-refractivity contribution in [1.82, 2.24) is 0 Å². The Morgan fingerprint density at radius 2 is 1.63 bits per heavy atom. The van der Waals surface area contributed by atoms with Crippen molar-refractivity contribution < 1.29 is 9.47 Å². The summed E-state index contributed by atoms with van der Waals surface area (Å²) in [6.07, 6.45) is 10.3. The lowest BCUT2D eigenvalue weighted by Gasteiger charge is -2.43. The zero-order valence-electron chi connectivity index (χ0n) is 16.8. The maximum absolute atomic E-state index is 6.51. The predicted molar refractivity (Wildman–Crippen MR) is 106 cm³/mol. The van der Waals surface area contributed by atoms with Crippen LogP contribution in [-0.2, 0) is 11.2 Å². The van der Waals surface area contributed by atoms with Crippen LogP contribution in [0.5, 0.6) is 5.75 Å². The van der Waals surface area contributed by atoms with Gasteiger partial charge in [0.2, 0.25) is 0 Å². The average Bonchev–Trinajstić information content (AvgIpc) is 3.44. The molecule has 2 nitrogen and oxygen atoms in total. The van der Waals surface area contributed by atoms with Gasteiger partial charge in [-0.15, -0.1) is 0 Å². The first-order chi connectivity index (χ1) is 13.2. The number of fused-ring (bicyclic) bond motifs is 12. The molecule has 0 aromatic heterocycles. The molecule has 0 amide bonds. The smallest absolute Gasteiger partial charge is 0.197 e. The Labute approximate surface area is 164 Å². The Morgan fingerprint density at radius 3 is 2.37 bits per heavy atom. The highest BCUT2D eigenvalue weighted by Gasteiger charge is 2.68. The fourth-order valence-corrected chi connectivity index (χ4v) is 8.68. The second-order valence-corrected chi connectivity index (χ2v) is 10.2. The van der Waals surface area contributed by atoms with Gasteiger partial charge in [-0.3, -0.25) is 0 Å². The van der Waals surface area contributed by atoms with Gasteiger partial charge in [0.1, 0.15) is 5.75 Å². The molecule has 0 radical (unpaired) electrons. The Bertz CT molecular complexity index is 697. The molecule has 27 heavy (non-hydrogen) atoms. The molecule has 0 heterocycles. The first-order valence-electron chi connectivity index (χ1n) is 11.6. The van der Waals surface area contributed by atoms with Crippen molar-refractivity contribution in [3.8, 4) is 5.75 Å². The summed E-state index contributed by atoms with van der Waals surface area (Å²) in [6.45, 7) is 4.28. The lowest BCUT2D eigenvalue weighted by Crippen LogP contribution is -2.42. The summed E-state index contributed by atoms with van der Waals surface area (Å²) in [7, 11) is 0. The quantitative estimate of drug-likeness (QED) is 0.492. The monoisotopic (exact) mass is 366 g/mol. The highest BCUT2D eigenvalue weighted by molar-refractivity contribution is 5.27. The Hall–Kier alpha value is -1.02. The molecule has 146 valence electrons. The fraction of sp³-hybridized carbons (Fsp3) is 0.760. The zero-order valence-corrected chi connectivity index (χ0v) is 16.8. The van der Waals surface area contributed by atoms with E-state index in [1.165, 1.54) is 31.2 Å². The van der Waals surface area contributed by atoms with Crippen LogP contribution in [0.1, 0.15) is 57.9 Å². The number of hydrogen-bond donors (Lipinski definition) is 0. The van der Waals surface area contributed by atoms with Crippen molar-refractivity contribution in [3.63, 3.8) is 0 Å². The first kappa shape index (κ1) is 16.9. The summed E-state index contributed by atoms with van der Waals surface area (Å²) in [6, 6.07) is 8.51. The van der Waals surface area contributed by atoms with E-state index in [9.17, 15) is 0 Å². The van der Waals surface area contributed by atoms with E-state index in [-0.39, 0.29) is 6.29 Å². The highest BCUT2D eigenvalue weighted by Crippen LogP contribution is 2.73. The van der Waals surface area contributed by atoms with Crippen molar-refractivity contribution in [3.05, 3.63) is 29.8 Å². The molecule has 0 saturated heterocycles. The van der Waals surface area contributed by atoms with Crippen molar-refractivity contribution in [2.24, 2.45) is 47.3 Å². The van der Waals surface area contributed by atoms with E-state index in [2.05, 4.69) is 38.1 Å². The summed E-state index contributed by atoms with van der Waals surface area (Å²) < 4.78 is 12.6. The summed E-state index contributed by atoms with van der Waals surface area (Å²) in [5.74, 6) is 9.12.